The fourth-order valence-corrected chi connectivity index (χ4v) is 6.24. The first kappa shape index (κ1) is 19.0. The van der Waals surface area contributed by atoms with Crippen LogP contribution in [0.3, 0.4) is 0 Å². The lowest BCUT2D eigenvalue weighted by molar-refractivity contribution is -0.129. The topological polar surface area (TPSA) is 42.0 Å². The van der Waals surface area contributed by atoms with Gasteiger partial charge in [-0.2, -0.15) is 0 Å². The van der Waals surface area contributed by atoms with Gasteiger partial charge in [-0.3, -0.25) is 9.78 Å². The van der Waals surface area contributed by atoms with Crippen molar-refractivity contribution in [3.8, 4) is 0 Å². The summed E-state index contributed by atoms with van der Waals surface area (Å²) in [6.45, 7) is 6.20. The molecule has 0 radical (unpaired) electrons. The van der Waals surface area contributed by atoms with E-state index in [2.05, 4.69) is 37.1 Å². The minimum Gasteiger partial charge on any atom is -0.351 e. The van der Waals surface area contributed by atoms with E-state index in [0.717, 1.165) is 36.6 Å². The van der Waals surface area contributed by atoms with Crippen LogP contribution in [-0.4, -0.2) is 16.4 Å². The molecule has 3 saturated carbocycles. The molecule has 5 rings (SSSR count). The minimum atomic E-state index is -0.189. The Morgan fingerprint density at radius 2 is 1.79 bits per heavy atom. The molecule has 3 aliphatic rings. The van der Waals surface area contributed by atoms with Gasteiger partial charge >= 0.3 is 0 Å². The van der Waals surface area contributed by atoms with Gasteiger partial charge in [0, 0.05) is 17.1 Å². The Morgan fingerprint density at radius 1 is 1.10 bits per heavy atom. The second-order valence-corrected chi connectivity index (χ2v) is 10.8. The highest BCUT2D eigenvalue weighted by Gasteiger charge is 2.59. The Bertz CT molecular complexity index is 945. The summed E-state index contributed by atoms with van der Waals surface area (Å²) < 4.78 is 13.9. The summed E-state index contributed by atoms with van der Waals surface area (Å²) in [5.74, 6) is 2.50. The fourth-order valence-electron chi connectivity index (χ4n) is 6.24. The van der Waals surface area contributed by atoms with Crippen molar-refractivity contribution in [2.45, 2.75) is 70.8 Å². The highest BCUT2D eigenvalue weighted by molar-refractivity contribution is 5.86. The predicted molar refractivity (Wildman–Crippen MR) is 113 cm³/mol. The van der Waals surface area contributed by atoms with Crippen LogP contribution >= 0.6 is 0 Å². The zero-order valence-electron chi connectivity index (χ0n) is 17.7. The standard InChI is InChI=1S/C25H31FN2O/c1-24(2,3)28-23(29)25(7-8-25)18-12-15-10-17(11-16(15)13-18)20-6-9-27-22-5-4-19(26)14-21(20)22/h4-6,9,14-18H,7-8,10-13H2,1-3H3,(H,28,29)/t15-,16+,17-,18+. The monoisotopic (exact) mass is 394 g/mol. The number of nitrogens with zero attached hydrogens (tertiary/aromatic N) is 1. The summed E-state index contributed by atoms with van der Waals surface area (Å²) >= 11 is 0. The number of fused-ring (bicyclic) bond motifs is 2. The Morgan fingerprint density at radius 3 is 2.41 bits per heavy atom. The molecule has 3 fully saturated rings. The molecule has 3 nitrogen and oxygen atoms in total. The number of carbonyl (C=O) groups is 1. The number of amides is 1. The minimum absolute atomic E-state index is 0.0976. The second-order valence-electron chi connectivity index (χ2n) is 10.8. The maximum atomic E-state index is 13.9. The molecule has 3 aliphatic carbocycles. The maximum absolute atomic E-state index is 13.9. The first-order valence-electron chi connectivity index (χ1n) is 11.1. The number of hydrogen-bond donors (Lipinski definition) is 1. The number of nitrogens with one attached hydrogen (secondary N) is 1. The van der Waals surface area contributed by atoms with E-state index in [9.17, 15) is 9.18 Å². The summed E-state index contributed by atoms with van der Waals surface area (Å²) in [5.41, 5.74) is 1.88. The Balaban J connectivity index is 1.31. The van der Waals surface area contributed by atoms with Crippen LogP contribution in [0.25, 0.3) is 10.9 Å². The highest BCUT2D eigenvalue weighted by atomic mass is 19.1. The number of pyridine rings is 1. The molecule has 0 spiro atoms. The van der Waals surface area contributed by atoms with Crippen LogP contribution in [0.4, 0.5) is 4.39 Å². The zero-order valence-corrected chi connectivity index (χ0v) is 17.7. The number of aromatic nitrogens is 1. The van der Waals surface area contributed by atoms with Gasteiger partial charge in [-0.25, -0.2) is 4.39 Å². The average molecular weight is 395 g/mol. The third-order valence-corrected chi connectivity index (χ3v) is 7.70. The van der Waals surface area contributed by atoms with E-state index in [0.29, 0.717) is 23.7 Å². The van der Waals surface area contributed by atoms with Gasteiger partial charge in [-0.15, -0.1) is 0 Å². The molecule has 0 saturated heterocycles. The molecule has 1 heterocycles. The van der Waals surface area contributed by atoms with Crippen LogP contribution in [0.1, 0.15) is 70.8 Å². The van der Waals surface area contributed by atoms with Gasteiger partial charge < -0.3 is 5.32 Å². The van der Waals surface area contributed by atoms with Gasteiger partial charge in [0.2, 0.25) is 5.91 Å². The number of halogens is 1. The largest absolute Gasteiger partial charge is 0.351 e. The molecule has 0 unspecified atom stereocenters. The molecule has 29 heavy (non-hydrogen) atoms. The fraction of sp³-hybridized carbons (Fsp3) is 0.600. The van der Waals surface area contributed by atoms with Crippen LogP contribution in [0, 0.1) is 29.0 Å². The number of benzene rings is 1. The van der Waals surface area contributed by atoms with E-state index in [1.165, 1.54) is 24.5 Å². The molecule has 2 aromatic rings. The van der Waals surface area contributed by atoms with E-state index in [1.54, 1.807) is 12.1 Å². The maximum Gasteiger partial charge on any atom is 0.226 e. The van der Waals surface area contributed by atoms with E-state index in [-0.39, 0.29) is 22.7 Å². The first-order chi connectivity index (χ1) is 13.7. The van der Waals surface area contributed by atoms with Crippen molar-refractivity contribution in [2.75, 3.05) is 0 Å². The molecule has 0 bridgehead atoms. The Hall–Kier alpha value is -1.97. The Kier molecular flexibility index (Phi) is 4.27. The van der Waals surface area contributed by atoms with Crippen molar-refractivity contribution < 1.29 is 9.18 Å². The molecule has 4 atom stereocenters. The van der Waals surface area contributed by atoms with Gasteiger partial charge in [0.15, 0.2) is 0 Å². The molecular weight excluding hydrogens is 363 g/mol. The highest BCUT2D eigenvalue weighted by Crippen LogP contribution is 2.63. The Labute approximate surface area is 172 Å². The normalized spacial score (nSPS) is 30.3. The number of hydrogen-bond acceptors (Lipinski definition) is 2. The van der Waals surface area contributed by atoms with Crippen molar-refractivity contribution in [1.82, 2.24) is 10.3 Å². The van der Waals surface area contributed by atoms with Crippen LogP contribution in [0.5, 0.6) is 0 Å². The molecule has 0 aliphatic heterocycles. The molecule has 4 heteroatoms. The summed E-state index contributed by atoms with van der Waals surface area (Å²) in [5, 5.41) is 4.21. The number of rotatable bonds is 3. The van der Waals surface area contributed by atoms with Gasteiger partial charge in [0.25, 0.3) is 0 Å². The summed E-state index contributed by atoms with van der Waals surface area (Å²) in [7, 11) is 0. The molecular formula is C25H31FN2O. The summed E-state index contributed by atoms with van der Waals surface area (Å²) in [6.07, 6.45) is 8.64. The lowest BCUT2D eigenvalue weighted by Gasteiger charge is -2.29. The molecule has 1 N–H and O–H groups in total. The van der Waals surface area contributed by atoms with Crippen molar-refractivity contribution in [1.29, 1.82) is 0 Å². The molecule has 1 amide bonds. The summed E-state index contributed by atoms with van der Waals surface area (Å²) in [4.78, 5) is 17.4. The van der Waals surface area contributed by atoms with Gasteiger partial charge in [0.1, 0.15) is 5.82 Å². The average Bonchev–Trinajstić information content (AvgIpc) is 3.22. The van der Waals surface area contributed by atoms with Crippen LogP contribution in [-0.2, 0) is 4.79 Å². The van der Waals surface area contributed by atoms with E-state index in [4.69, 9.17) is 0 Å². The van der Waals surface area contributed by atoms with Gasteiger partial charge in [-0.1, -0.05) is 0 Å². The summed E-state index contributed by atoms with van der Waals surface area (Å²) in [6, 6.07) is 7.00. The molecule has 1 aromatic carbocycles. The third-order valence-electron chi connectivity index (χ3n) is 7.70. The lowest BCUT2D eigenvalue weighted by Crippen LogP contribution is -2.46. The molecule has 154 valence electrons. The first-order valence-corrected chi connectivity index (χ1v) is 11.1. The van der Waals surface area contributed by atoms with E-state index >= 15 is 0 Å². The van der Waals surface area contributed by atoms with Crippen LogP contribution < -0.4 is 5.32 Å². The SMILES string of the molecule is CC(C)(C)NC(=O)C1([C@H]2C[C@H]3C[C@@H](c4ccnc5ccc(F)cc45)C[C@H]3C2)CC1. The smallest absolute Gasteiger partial charge is 0.226 e. The van der Waals surface area contributed by atoms with Gasteiger partial charge in [0.05, 0.1) is 10.9 Å². The number of carbonyl (C=O) groups excluding carboxylic acids is 1. The quantitative estimate of drug-likeness (QED) is 0.737. The third kappa shape index (κ3) is 3.35. The van der Waals surface area contributed by atoms with Crippen molar-refractivity contribution in [2.24, 2.45) is 23.2 Å². The zero-order chi connectivity index (χ0) is 20.4. The van der Waals surface area contributed by atoms with Crippen molar-refractivity contribution in [3.63, 3.8) is 0 Å². The van der Waals surface area contributed by atoms with Crippen molar-refractivity contribution >= 4 is 16.8 Å². The lowest BCUT2D eigenvalue weighted by atomic mass is 9.82. The van der Waals surface area contributed by atoms with Crippen LogP contribution in [0.2, 0.25) is 0 Å². The second kappa shape index (κ2) is 6.52. The van der Waals surface area contributed by atoms with Crippen LogP contribution in [0.15, 0.2) is 30.5 Å². The van der Waals surface area contributed by atoms with E-state index in [1.807, 2.05) is 6.20 Å². The van der Waals surface area contributed by atoms with Gasteiger partial charge in [-0.05, 0) is 113 Å². The predicted octanol–water partition coefficient (Wildman–Crippen LogP) is 5.59. The molecule has 1 aromatic heterocycles. The van der Waals surface area contributed by atoms with E-state index < -0.39 is 0 Å². The van der Waals surface area contributed by atoms with Crippen molar-refractivity contribution in [3.05, 3.63) is 41.8 Å².